The Bertz CT molecular complexity index is 833. The zero-order chi connectivity index (χ0) is 18.2. The second-order valence-electron chi connectivity index (χ2n) is 5.93. The van der Waals surface area contributed by atoms with Crippen molar-refractivity contribution in [2.24, 2.45) is 11.7 Å². The Hall–Kier alpha value is -2.83. The van der Waals surface area contributed by atoms with Crippen LogP contribution < -0.4 is 11.1 Å². The highest BCUT2D eigenvalue weighted by molar-refractivity contribution is 6.04. The molecule has 2 aromatic carbocycles. The molecule has 1 aliphatic carbocycles. The van der Waals surface area contributed by atoms with Gasteiger partial charge in [0.15, 0.2) is 0 Å². The van der Waals surface area contributed by atoms with E-state index in [-0.39, 0.29) is 16.8 Å². The van der Waals surface area contributed by atoms with Gasteiger partial charge < -0.3 is 11.1 Å². The summed E-state index contributed by atoms with van der Waals surface area (Å²) in [5.74, 6) is -2.16. The van der Waals surface area contributed by atoms with Crippen LogP contribution in [0.15, 0.2) is 48.5 Å². The van der Waals surface area contributed by atoms with Crippen molar-refractivity contribution in [3.8, 4) is 0 Å². The molecule has 0 saturated heterocycles. The minimum absolute atomic E-state index is 0.123. The highest BCUT2D eigenvalue weighted by Crippen LogP contribution is 2.51. The van der Waals surface area contributed by atoms with Gasteiger partial charge in [0, 0.05) is 5.92 Å². The molecule has 4 nitrogen and oxygen atoms in total. The first-order valence-corrected chi connectivity index (χ1v) is 7.65. The summed E-state index contributed by atoms with van der Waals surface area (Å²) in [7, 11) is 0. The van der Waals surface area contributed by atoms with Crippen LogP contribution in [0.3, 0.4) is 0 Å². The topological polar surface area (TPSA) is 72.2 Å². The van der Waals surface area contributed by atoms with Gasteiger partial charge >= 0.3 is 6.18 Å². The molecule has 1 aliphatic rings. The Kier molecular flexibility index (Phi) is 4.24. The van der Waals surface area contributed by atoms with Crippen molar-refractivity contribution in [3.63, 3.8) is 0 Å². The SMILES string of the molecule is NC(=O)c1ccccc1NC(=O)C1CC1c1ccccc1C(F)(F)F. The zero-order valence-electron chi connectivity index (χ0n) is 13.0. The van der Waals surface area contributed by atoms with Gasteiger partial charge in [-0.05, 0) is 36.1 Å². The summed E-state index contributed by atoms with van der Waals surface area (Å²) in [5.41, 5.74) is 5.08. The number of hydrogen-bond acceptors (Lipinski definition) is 2. The van der Waals surface area contributed by atoms with Crippen molar-refractivity contribution in [2.75, 3.05) is 5.32 Å². The number of nitrogens with two attached hydrogens (primary N) is 1. The van der Waals surface area contributed by atoms with E-state index in [0.717, 1.165) is 6.07 Å². The van der Waals surface area contributed by atoms with Gasteiger partial charge in [-0.3, -0.25) is 9.59 Å². The Labute approximate surface area is 141 Å². The van der Waals surface area contributed by atoms with Gasteiger partial charge in [0.05, 0.1) is 16.8 Å². The molecule has 1 saturated carbocycles. The molecule has 0 spiro atoms. The van der Waals surface area contributed by atoms with Crippen molar-refractivity contribution in [3.05, 3.63) is 65.2 Å². The van der Waals surface area contributed by atoms with Crippen molar-refractivity contribution in [1.29, 1.82) is 0 Å². The number of amides is 2. The third kappa shape index (κ3) is 3.50. The van der Waals surface area contributed by atoms with E-state index in [2.05, 4.69) is 5.32 Å². The molecule has 2 aromatic rings. The lowest BCUT2D eigenvalue weighted by Crippen LogP contribution is -2.20. The van der Waals surface area contributed by atoms with Crippen molar-refractivity contribution >= 4 is 17.5 Å². The molecule has 7 heteroatoms. The number of anilines is 1. The standard InChI is InChI=1S/C18H15F3N2O2/c19-18(20,21)14-7-3-1-5-10(14)12-9-13(12)17(25)23-15-8-4-2-6-11(15)16(22)24/h1-8,12-13H,9H2,(H2,22,24)(H,23,25). The summed E-state index contributed by atoms with van der Waals surface area (Å²) in [5, 5.41) is 2.59. The number of nitrogens with one attached hydrogen (secondary N) is 1. The lowest BCUT2D eigenvalue weighted by atomic mass is 10.0. The molecule has 25 heavy (non-hydrogen) atoms. The second kappa shape index (κ2) is 6.23. The summed E-state index contributed by atoms with van der Waals surface area (Å²) < 4.78 is 39.3. The van der Waals surface area contributed by atoms with Gasteiger partial charge in [0.2, 0.25) is 5.91 Å². The van der Waals surface area contributed by atoms with E-state index < -0.39 is 35.4 Å². The second-order valence-corrected chi connectivity index (χ2v) is 5.93. The third-order valence-electron chi connectivity index (χ3n) is 4.24. The molecule has 0 radical (unpaired) electrons. The lowest BCUT2D eigenvalue weighted by Gasteiger charge is -2.13. The van der Waals surface area contributed by atoms with Crippen LogP contribution in [0.4, 0.5) is 18.9 Å². The number of primary amides is 1. The fraction of sp³-hybridized carbons (Fsp3) is 0.222. The van der Waals surface area contributed by atoms with Gasteiger partial charge in [-0.25, -0.2) is 0 Å². The molecule has 2 amide bonds. The number of rotatable bonds is 4. The Morgan fingerprint density at radius 3 is 2.36 bits per heavy atom. The molecular weight excluding hydrogens is 333 g/mol. The minimum atomic E-state index is -4.46. The number of hydrogen-bond donors (Lipinski definition) is 2. The number of para-hydroxylation sites is 1. The largest absolute Gasteiger partial charge is 0.416 e. The quantitative estimate of drug-likeness (QED) is 0.887. The van der Waals surface area contributed by atoms with E-state index in [0.29, 0.717) is 6.42 Å². The van der Waals surface area contributed by atoms with Crippen LogP contribution in [0.25, 0.3) is 0 Å². The highest BCUT2D eigenvalue weighted by atomic mass is 19.4. The smallest absolute Gasteiger partial charge is 0.366 e. The van der Waals surface area contributed by atoms with Gasteiger partial charge in [-0.1, -0.05) is 30.3 Å². The van der Waals surface area contributed by atoms with Gasteiger partial charge in [-0.15, -0.1) is 0 Å². The molecule has 130 valence electrons. The predicted molar refractivity (Wildman–Crippen MR) is 85.9 cm³/mol. The molecule has 0 bridgehead atoms. The number of carbonyl (C=O) groups is 2. The van der Waals surface area contributed by atoms with Crippen molar-refractivity contribution in [1.82, 2.24) is 0 Å². The van der Waals surface area contributed by atoms with Gasteiger partial charge in [0.1, 0.15) is 0 Å². The summed E-state index contributed by atoms with van der Waals surface area (Å²) >= 11 is 0. The number of carbonyl (C=O) groups excluding carboxylic acids is 2. The minimum Gasteiger partial charge on any atom is -0.366 e. The van der Waals surface area contributed by atoms with Crippen molar-refractivity contribution < 1.29 is 22.8 Å². The average molecular weight is 348 g/mol. The molecular formula is C18H15F3N2O2. The molecule has 1 fully saturated rings. The van der Waals surface area contributed by atoms with Crippen LogP contribution in [0, 0.1) is 5.92 Å². The summed E-state index contributed by atoms with van der Waals surface area (Å²) in [4.78, 5) is 23.7. The Morgan fingerprint density at radius 2 is 1.68 bits per heavy atom. The van der Waals surface area contributed by atoms with E-state index in [1.807, 2.05) is 0 Å². The normalized spacial score (nSPS) is 19.3. The summed E-state index contributed by atoms with van der Waals surface area (Å²) in [6.45, 7) is 0. The van der Waals surface area contributed by atoms with Crippen LogP contribution >= 0.6 is 0 Å². The monoisotopic (exact) mass is 348 g/mol. The van der Waals surface area contributed by atoms with Crippen molar-refractivity contribution in [2.45, 2.75) is 18.5 Å². The molecule has 2 unspecified atom stereocenters. The molecule has 0 aromatic heterocycles. The summed E-state index contributed by atoms with van der Waals surface area (Å²) in [6, 6.07) is 11.5. The van der Waals surface area contributed by atoms with Gasteiger partial charge in [0.25, 0.3) is 5.91 Å². The fourth-order valence-electron chi connectivity index (χ4n) is 2.94. The van der Waals surface area contributed by atoms with Crippen LogP contribution in [-0.2, 0) is 11.0 Å². The van der Waals surface area contributed by atoms with E-state index in [1.54, 1.807) is 12.1 Å². The first-order chi connectivity index (χ1) is 11.8. The maximum absolute atomic E-state index is 13.1. The Morgan fingerprint density at radius 1 is 1.04 bits per heavy atom. The first kappa shape index (κ1) is 17.0. The van der Waals surface area contributed by atoms with E-state index in [1.165, 1.54) is 30.3 Å². The van der Waals surface area contributed by atoms with Gasteiger partial charge in [-0.2, -0.15) is 13.2 Å². The number of benzene rings is 2. The molecule has 3 N–H and O–H groups in total. The maximum atomic E-state index is 13.1. The number of halogens is 3. The molecule has 3 rings (SSSR count). The Balaban J connectivity index is 1.77. The average Bonchev–Trinajstić information content (AvgIpc) is 3.35. The maximum Gasteiger partial charge on any atom is 0.416 e. The predicted octanol–water partition coefficient (Wildman–Crippen LogP) is 3.55. The van der Waals surface area contributed by atoms with Crippen LogP contribution in [-0.4, -0.2) is 11.8 Å². The highest BCUT2D eigenvalue weighted by Gasteiger charge is 2.47. The van der Waals surface area contributed by atoms with E-state index >= 15 is 0 Å². The fourth-order valence-corrected chi connectivity index (χ4v) is 2.94. The molecule has 2 atom stereocenters. The molecule has 0 aliphatic heterocycles. The van der Waals surface area contributed by atoms with E-state index in [9.17, 15) is 22.8 Å². The molecule has 0 heterocycles. The van der Waals surface area contributed by atoms with Crippen LogP contribution in [0.1, 0.15) is 33.8 Å². The van der Waals surface area contributed by atoms with Crippen LogP contribution in [0.2, 0.25) is 0 Å². The number of alkyl halides is 3. The van der Waals surface area contributed by atoms with E-state index in [4.69, 9.17) is 5.73 Å². The van der Waals surface area contributed by atoms with Crippen LogP contribution in [0.5, 0.6) is 0 Å². The summed E-state index contributed by atoms with van der Waals surface area (Å²) in [6.07, 6.45) is -4.13. The third-order valence-corrected chi connectivity index (χ3v) is 4.24. The zero-order valence-corrected chi connectivity index (χ0v) is 13.0. The lowest BCUT2D eigenvalue weighted by molar-refractivity contribution is -0.138. The first-order valence-electron chi connectivity index (χ1n) is 7.65.